The predicted molar refractivity (Wildman–Crippen MR) is 37.7 cm³/mol. The Kier molecular flexibility index (Phi) is 56.7. The summed E-state index contributed by atoms with van der Waals surface area (Å²) in [6.45, 7) is 0. The molecule has 0 bridgehead atoms. The molecule has 18 nitrogen and oxygen atoms in total. The van der Waals surface area contributed by atoms with Crippen LogP contribution in [0.2, 0.25) is 0 Å². The molecule has 0 aliphatic carbocycles. The molecule has 0 spiro atoms. The first kappa shape index (κ1) is 56.5. The summed E-state index contributed by atoms with van der Waals surface area (Å²) < 4.78 is 34.2. The van der Waals surface area contributed by atoms with Crippen LogP contribution in [0.15, 0.2) is 0 Å². The molecule has 0 aromatic heterocycles. The Labute approximate surface area is 196 Å². The molecule has 25 heavy (non-hydrogen) atoms. The molecular weight excluding hydrogens is 686 g/mol. The smallest absolute Gasteiger partial charge is 0.822 e. The molecule has 0 heterocycles. The molecule has 0 saturated carbocycles. The van der Waals surface area contributed by atoms with Crippen molar-refractivity contribution >= 4 is 31.3 Å². The van der Waals surface area contributed by atoms with E-state index in [1.165, 1.54) is 0 Å². The molecule has 0 aromatic rings. The van der Waals surface area contributed by atoms with Gasteiger partial charge in [-0.05, 0) is 0 Å². The van der Waals surface area contributed by atoms with E-state index in [1.807, 2.05) is 0 Å². The van der Waals surface area contributed by atoms with E-state index in [0.717, 1.165) is 0 Å². The van der Waals surface area contributed by atoms with Crippen molar-refractivity contribution in [1.82, 2.24) is 0 Å². The molecule has 0 atom stereocenters. The second kappa shape index (κ2) is 25.0. The first-order chi connectivity index (χ1) is 8.00. The Morgan fingerprint density at radius 1 is 0.320 bits per heavy atom. The summed E-state index contributed by atoms with van der Waals surface area (Å²) in [5.41, 5.74) is 0. The summed E-state index contributed by atoms with van der Waals surface area (Å²) in [4.78, 5) is 103. The maximum absolute atomic E-state index is 8.55. The van der Waals surface area contributed by atoms with Gasteiger partial charge >= 0.3 is 78.6 Å². The zero-order chi connectivity index (χ0) is 18.0. The van der Waals surface area contributed by atoms with Gasteiger partial charge in [0.15, 0.2) is 0 Å². The van der Waals surface area contributed by atoms with Gasteiger partial charge < -0.3 is 87.9 Å². The summed E-state index contributed by atoms with van der Waals surface area (Å²) in [7, 11) is -21.6. The van der Waals surface area contributed by atoms with Crippen LogP contribution in [-0.4, -0.2) is 11.0 Å². The molecule has 144 valence electrons. The Morgan fingerprint density at radius 3 is 0.320 bits per heavy atom. The van der Waals surface area contributed by atoms with Gasteiger partial charge in [0.2, 0.25) is 0 Å². The quantitative estimate of drug-likeness (QED) is 0.213. The van der Waals surface area contributed by atoms with Crippen molar-refractivity contribution in [3.05, 3.63) is 0 Å². The van der Waals surface area contributed by atoms with Crippen LogP contribution in [0.4, 0.5) is 0 Å². The Balaban J connectivity index is -0.0000000183. The number of phosphoric acid groups is 4. The van der Waals surface area contributed by atoms with E-state index in [0.29, 0.717) is 0 Å². The molecule has 4 N–H and O–H groups in total. The zero-order valence-corrected chi connectivity index (χ0v) is 21.8. The largest absolute Gasteiger partial charge is 4.00 e. The molecule has 25 heteroatoms. The standard InChI is InChI=1S/4H3O4P.2H2O.3Zr/c4*1-5(2,3)4;;;;;/h4*(H3,1,2,3,4);2*1H2;;;/q;;;;;;3*+4/p-12. The normalized spacial score (nSPS) is 9.44. The third-order valence-corrected chi connectivity index (χ3v) is 0. The van der Waals surface area contributed by atoms with Crippen molar-refractivity contribution in [3.8, 4) is 0 Å². The van der Waals surface area contributed by atoms with E-state index in [1.54, 1.807) is 0 Å². The summed E-state index contributed by atoms with van der Waals surface area (Å²) >= 11 is 0. The SMILES string of the molecule is O.O.O=P([O-])([O-])[O-].O=P([O-])([O-])[O-].O=P([O-])([O-])[O-].O=P([O-])([O-])[O-].[Zr+4].[Zr+4].[Zr+4]. The van der Waals surface area contributed by atoms with Crippen LogP contribution in [0.5, 0.6) is 0 Å². The Bertz CT molecular complexity index is 293. The minimum atomic E-state index is -5.39. The van der Waals surface area contributed by atoms with E-state index in [9.17, 15) is 0 Å². The number of rotatable bonds is 0. The van der Waals surface area contributed by atoms with Crippen molar-refractivity contribution in [3.63, 3.8) is 0 Å². The van der Waals surface area contributed by atoms with Crippen LogP contribution < -0.4 is 58.7 Å². The van der Waals surface area contributed by atoms with Crippen molar-refractivity contribution < 1.29 is 167 Å². The second-order valence-electron chi connectivity index (χ2n) is 1.79. The van der Waals surface area contributed by atoms with Crippen LogP contribution in [0, 0.1) is 0 Å². The summed E-state index contributed by atoms with van der Waals surface area (Å²) in [5, 5.41) is 0. The molecule has 0 radical (unpaired) electrons. The van der Waals surface area contributed by atoms with Gasteiger partial charge in [-0.3, -0.25) is 0 Å². The monoisotopic (exact) mass is 686 g/mol. The maximum atomic E-state index is 8.55. The molecule has 0 rings (SSSR count). The van der Waals surface area contributed by atoms with E-state index < -0.39 is 31.3 Å². The van der Waals surface area contributed by atoms with Crippen molar-refractivity contribution in [1.29, 1.82) is 0 Å². The summed E-state index contributed by atoms with van der Waals surface area (Å²) in [6, 6.07) is 0. The molecule has 0 aromatic carbocycles. The Morgan fingerprint density at radius 2 is 0.320 bits per heavy atom. The van der Waals surface area contributed by atoms with Gasteiger partial charge in [0.1, 0.15) is 0 Å². The maximum Gasteiger partial charge on any atom is 4.00 e. The first-order valence-electron chi connectivity index (χ1n) is 2.92. The van der Waals surface area contributed by atoms with Gasteiger partial charge in [0, 0.05) is 0 Å². The van der Waals surface area contributed by atoms with E-state index in [-0.39, 0.29) is 89.6 Å². The van der Waals surface area contributed by atoms with Gasteiger partial charge in [0.05, 0.1) is 0 Å². The van der Waals surface area contributed by atoms with E-state index in [2.05, 4.69) is 0 Å². The molecule has 0 amide bonds. The Hall–Kier alpha value is 3.01. The van der Waals surface area contributed by atoms with Crippen LogP contribution in [0.25, 0.3) is 0 Å². The van der Waals surface area contributed by atoms with Crippen LogP contribution in [0.1, 0.15) is 0 Å². The predicted octanol–water partition coefficient (Wildman–Crippen LogP) is -13.0. The van der Waals surface area contributed by atoms with Gasteiger partial charge in [-0.25, -0.2) is 0 Å². The summed E-state index contributed by atoms with van der Waals surface area (Å²) in [5.74, 6) is 0. The summed E-state index contributed by atoms with van der Waals surface area (Å²) in [6.07, 6.45) is 0. The third kappa shape index (κ3) is 1870. The average molecular weight is 690 g/mol. The van der Waals surface area contributed by atoms with Gasteiger partial charge in [-0.1, -0.05) is 0 Å². The molecule has 0 aliphatic heterocycles. The van der Waals surface area contributed by atoms with Gasteiger partial charge in [-0.2, -0.15) is 31.3 Å². The van der Waals surface area contributed by atoms with Crippen LogP contribution in [-0.2, 0) is 96.9 Å². The fourth-order valence-electron chi connectivity index (χ4n) is 0. The third-order valence-electron chi connectivity index (χ3n) is 0. The molecule has 0 unspecified atom stereocenters. The minimum absolute atomic E-state index is 0. The number of hydrogen-bond acceptors (Lipinski definition) is 16. The van der Waals surface area contributed by atoms with Crippen molar-refractivity contribution in [2.24, 2.45) is 0 Å². The topological polar surface area (TPSA) is 408 Å². The van der Waals surface area contributed by atoms with E-state index in [4.69, 9.17) is 77.0 Å². The fraction of sp³-hybridized carbons (Fsp3) is 0. The van der Waals surface area contributed by atoms with Crippen LogP contribution >= 0.6 is 31.3 Å². The first-order valence-corrected chi connectivity index (χ1v) is 8.76. The van der Waals surface area contributed by atoms with Crippen LogP contribution in [0.3, 0.4) is 0 Å². The molecule has 0 saturated heterocycles. The van der Waals surface area contributed by atoms with Gasteiger partial charge in [0.25, 0.3) is 0 Å². The molecule has 0 fully saturated rings. The molecular formula is H4O18P4Zr3. The zero-order valence-electron chi connectivity index (χ0n) is 10.8. The fourth-order valence-corrected chi connectivity index (χ4v) is 0. The second-order valence-corrected chi connectivity index (χ2v) is 5.37. The van der Waals surface area contributed by atoms with Gasteiger partial charge in [-0.15, -0.1) is 0 Å². The average Bonchev–Trinajstić information content (AvgIpc) is 1.62. The number of hydrogen-bond donors (Lipinski definition) is 0. The minimum Gasteiger partial charge on any atom is -0.822 e. The van der Waals surface area contributed by atoms with Crippen molar-refractivity contribution in [2.75, 3.05) is 0 Å². The van der Waals surface area contributed by atoms with Crippen molar-refractivity contribution in [2.45, 2.75) is 0 Å². The molecule has 0 aliphatic rings. The van der Waals surface area contributed by atoms with E-state index >= 15 is 0 Å².